The van der Waals surface area contributed by atoms with E-state index in [1.165, 1.54) is 0 Å². The Balaban J connectivity index is 1.63. The number of nitrogens with one attached hydrogen (secondary N) is 1. The molecule has 0 aromatic heterocycles. The molecule has 3 aromatic carbocycles. The van der Waals surface area contributed by atoms with E-state index >= 15 is 0 Å². The van der Waals surface area contributed by atoms with Crippen molar-refractivity contribution in [2.75, 3.05) is 13.2 Å². The van der Waals surface area contributed by atoms with Gasteiger partial charge in [-0.1, -0.05) is 70.1 Å². The molecule has 0 heterocycles. The second-order valence-electron chi connectivity index (χ2n) is 7.01. The van der Waals surface area contributed by atoms with Crippen molar-refractivity contribution in [3.05, 3.63) is 90.3 Å². The molecule has 170 valence electrons. The number of benzene rings is 3. The Morgan fingerprint density at radius 3 is 1.91 bits per heavy atom. The molecule has 0 aliphatic carbocycles. The molecule has 8 heteroatoms. The minimum Gasteiger partial charge on any atom is -0.490 e. The minimum absolute atomic E-state index is 0.270. The van der Waals surface area contributed by atoms with Gasteiger partial charge in [-0.3, -0.25) is 0 Å². The first-order valence-corrected chi connectivity index (χ1v) is 11.9. The zero-order valence-electron chi connectivity index (χ0n) is 17.4. The summed E-state index contributed by atoms with van der Waals surface area (Å²) in [5, 5.41) is 6.39. The Kier molecular flexibility index (Phi) is 9.66. The summed E-state index contributed by atoms with van der Waals surface area (Å²) < 4.78 is 11.7. The Labute approximate surface area is 213 Å². The molecule has 1 N–H and O–H groups in total. The van der Waals surface area contributed by atoms with Gasteiger partial charge in [0.05, 0.1) is 6.61 Å². The van der Waals surface area contributed by atoms with E-state index in [0.717, 1.165) is 29.7 Å². The van der Waals surface area contributed by atoms with E-state index in [1.54, 1.807) is 24.3 Å². The molecular formula is C24H22Cl5NO2. The number of halogens is 5. The van der Waals surface area contributed by atoms with E-state index in [9.17, 15) is 0 Å². The molecule has 0 fully saturated rings. The van der Waals surface area contributed by atoms with E-state index in [-0.39, 0.29) is 6.61 Å². The Bertz CT molecular complexity index is 1070. The summed E-state index contributed by atoms with van der Waals surface area (Å²) >= 11 is 30.9. The van der Waals surface area contributed by atoms with Gasteiger partial charge in [0, 0.05) is 43.3 Å². The van der Waals surface area contributed by atoms with Crippen molar-refractivity contribution < 1.29 is 9.47 Å². The molecule has 0 aliphatic rings. The van der Waals surface area contributed by atoms with Crippen LogP contribution in [0.15, 0.2) is 48.5 Å². The molecule has 3 nitrogen and oxygen atoms in total. The highest BCUT2D eigenvalue weighted by Crippen LogP contribution is 2.35. The van der Waals surface area contributed by atoms with Crippen LogP contribution in [0, 0.1) is 0 Å². The van der Waals surface area contributed by atoms with Crippen molar-refractivity contribution in [1.82, 2.24) is 5.32 Å². The summed E-state index contributed by atoms with van der Waals surface area (Å²) in [5.41, 5.74) is 2.77. The molecule has 0 bridgehead atoms. The van der Waals surface area contributed by atoms with Crippen LogP contribution in [0.1, 0.15) is 23.6 Å². The van der Waals surface area contributed by atoms with Gasteiger partial charge in [-0.25, -0.2) is 0 Å². The molecule has 3 aromatic rings. The average molecular weight is 534 g/mol. The highest BCUT2D eigenvalue weighted by Gasteiger charge is 2.13. The van der Waals surface area contributed by atoms with E-state index in [0.29, 0.717) is 49.8 Å². The summed E-state index contributed by atoms with van der Waals surface area (Å²) in [6, 6.07) is 14.5. The zero-order chi connectivity index (χ0) is 23.1. The summed E-state index contributed by atoms with van der Waals surface area (Å²) in [4.78, 5) is 0. The average Bonchev–Trinajstić information content (AvgIpc) is 2.74. The predicted octanol–water partition coefficient (Wildman–Crippen LogP) is 8.26. The molecule has 0 spiro atoms. The van der Waals surface area contributed by atoms with Gasteiger partial charge in [0.15, 0.2) is 11.5 Å². The molecule has 0 amide bonds. The van der Waals surface area contributed by atoms with E-state index < -0.39 is 0 Å². The highest BCUT2D eigenvalue weighted by molar-refractivity contribution is 6.35. The maximum atomic E-state index is 6.52. The third-order valence-electron chi connectivity index (χ3n) is 4.71. The van der Waals surface area contributed by atoms with Gasteiger partial charge in [-0.15, -0.1) is 0 Å². The Hall–Kier alpha value is -1.33. The maximum Gasteiger partial charge on any atom is 0.163 e. The van der Waals surface area contributed by atoms with E-state index in [4.69, 9.17) is 67.5 Å². The predicted molar refractivity (Wildman–Crippen MR) is 135 cm³/mol. The molecule has 3 rings (SSSR count). The van der Waals surface area contributed by atoms with Gasteiger partial charge < -0.3 is 14.8 Å². The standard InChI is InChI=1S/C24H22Cl5NO2/c1-2-31-23-9-17(13-30-8-7-15-3-5-18(25)10-20(15)27)22(29)12-24(23)32-14-16-4-6-19(26)11-21(16)28/h3-6,9-12,30H,2,7-8,13-14H2,1H3. The van der Waals surface area contributed by atoms with Crippen LogP contribution in [-0.2, 0) is 19.6 Å². The number of hydrogen-bond acceptors (Lipinski definition) is 3. The third-order valence-corrected chi connectivity index (χ3v) is 6.24. The fraction of sp³-hybridized carbons (Fsp3) is 0.250. The molecular weight excluding hydrogens is 512 g/mol. The first-order valence-electron chi connectivity index (χ1n) is 10.0. The first-order chi connectivity index (χ1) is 15.4. The topological polar surface area (TPSA) is 30.5 Å². The van der Waals surface area contributed by atoms with Gasteiger partial charge in [-0.05, 0) is 61.3 Å². The lowest BCUT2D eigenvalue weighted by molar-refractivity contribution is 0.269. The number of rotatable bonds is 10. The highest BCUT2D eigenvalue weighted by atomic mass is 35.5. The van der Waals surface area contributed by atoms with Gasteiger partial charge >= 0.3 is 0 Å². The molecule has 0 aliphatic heterocycles. The molecule has 0 atom stereocenters. The fourth-order valence-electron chi connectivity index (χ4n) is 3.06. The van der Waals surface area contributed by atoms with Crippen LogP contribution in [0.3, 0.4) is 0 Å². The second kappa shape index (κ2) is 12.2. The monoisotopic (exact) mass is 531 g/mol. The van der Waals surface area contributed by atoms with Gasteiger partial charge in [0.2, 0.25) is 0 Å². The van der Waals surface area contributed by atoms with Crippen LogP contribution < -0.4 is 14.8 Å². The minimum atomic E-state index is 0.270. The number of ether oxygens (including phenoxy) is 2. The molecule has 0 unspecified atom stereocenters. The van der Waals surface area contributed by atoms with Crippen LogP contribution in [0.4, 0.5) is 0 Å². The third kappa shape index (κ3) is 7.08. The maximum absolute atomic E-state index is 6.52. The lowest BCUT2D eigenvalue weighted by Crippen LogP contribution is -2.17. The summed E-state index contributed by atoms with van der Waals surface area (Å²) in [6.07, 6.45) is 0.773. The van der Waals surface area contributed by atoms with Gasteiger partial charge in [0.25, 0.3) is 0 Å². The summed E-state index contributed by atoms with van der Waals surface area (Å²) in [5.74, 6) is 1.18. The van der Waals surface area contributed by atoms with Crippen LogP contribution in [0.2, 0.25) is 25.1 Å². The lowest BCUT2D eigenvalue weighted by atomic mass is 10.1. The summed E-state index contributed by atoms with van der Waals surface area (Å²) in [6.45, 7) is 4.00. The van der Waals surface area contributed by atoms with Crippen molar-refractivity contribution in [2.24, 2.45) is 0 Å². The van der Waals surface area contributed by atoms with Crippen LogP contribution in [0.25, 0.3) is 0 Å². The largest absolute Gasteiger partial charge is 0.490 e. The Morgan fingerprint density at radius 1 is 0.688 bits per heavy atom. The van der Waals surface area contributed by atoms with Gasteiger partial charge in [0.1, 0.15) is 6.61 Å². The Morgan fingerprint density at radius 2 is 1.28 bits per heavy atom. The lowest BCUT2D eigenvalue weighted by Gasteiger charge is -2.16. The SMILES string of the molecule is CCOc1cc(CNCCc2ccc(Cl)cc2Cl)c(Cl)cc1OCc1ccc(Cl)cc1Cl. The second-order valence-corrected chi connectivity index (χ2v) is 9.10. The first kappa shape index (κ1) is 25.3. The van der Waals surface area contributed by atoms with Crippen molar-refractivity contribution in [3.63, 3.8) is 0 Å². The van der Waals surface area contributed by atoms with Crippen molar-refractivity contribution in [2.45, 2.75) is 26.5 Å². The quantitative estimate of drug-likeness (QED) is 0.266. The molecule has 0 radical (unpaired) electrons. The van der Waals surface area contributed by atoms with Crippen molar-refractivity contribution >= 4 is 58.0 Å². The zero-order valence-corrected chi connectivity index (χ0v) is 21.1. The van der Waals surface area contributed by atoms with Crippen LogP contribution in [-0.4, -0.2) is 13.2 Å². The number of hydrogen-bond donors (Lipinski definition) is 1. The molecule has 32 heavy (non-hydrogen) atoms. The molecule has 0 saturated carbocycles. The van der Waals surface area contributed by atoms with Gasteiger partial charge in [-0.2, -0.15) is 0 Å². The van der Waals surface area contributed by atoms with Crippen molar-refractivity contribution in [3.8, 4) is 11.5 Å². The van der Waals surface area contributed by atoms with E-state index in [2.05, 4.69) is 5.32 Å². The van der Waals surface area contributed by atoms with Crippen LogP contribution >= 0.6 is 58.0 Å². The van der Waals surface area contributed by atoms with E-state index in [1.807, 2.05) is 31.2 Å². The van der Waals surface area contributed by atoms with Crippen molar-refractivity contribution in [1.29, 1.82) is 0 Å². The normalized spacial score (nSPS) is 10.9. The molecule has 0 saturated heterocycles. The fourth-order valence-corrected chi connectivity index (χ4v) is 4.25. The van der Waals surface area contributed by atoms with Crippen LogP contribution in [0.5, 0.6) is 11.5 Å². The summed E-state index contributed by atoms with van der Waals surface area (Å²) in [7, 11) is 0. The smallest absolute Gasteiger partial charge is 0.163 e.